The van der Waals surface area contributed by atoms with Gasteiger partial charge in [0.05, 0.1) is 28.1 Å². The number of aryl methyl sites for hydroxylation is 1. The Bertz CT molecular complexity index is 881. The first kappa shape index (κ1) is 17.8. The molecule has 1 aromatic rings. The van der Waals surface area contributed by atoms with Gasteiger partial charge in [0.15, 0.2) is 9.84 Å². The smallest absolute Gasteiger partial charge is 0.249 e. The van der Waals surface area contributed by atoms with Gasteiger partial charge in [-0.3, -0.25) is 9.59 Å². The Balaban J connectivity index is 1.55. The highest BCUT2D eigenvalue weighted by molar-refractivity contribution is 8.01. The molecule has 0 aromatic carbocycles. The number of fused-ring (bicyclic) bond motifs is 1. The van der Waals surface area contributed by atoms with E-state index in [1.165, 1.54) is 0 Å². The molecule has 0 aliphatic carbocycles. The summed E-state index contributed by atoms with van der Waals surface area (Å²) in [4.78, 5) is 26.5. The van der Waals surface area contributed by atoms with Gasteiger partial charge >= 0.3 is 0 Å². The minimum atomic E-state index is -3.05. The molecule has 142 valence electrons. The number of hydrogen-bond donors (Lipinski definition) is 1. The molecule has 26 heavy (non-hydrogen) atoms. The van der Waals surface area contributed by atoms with E-state index < -0.39 is 15.9 Å². The van der Waals surface area contributed by atoms with E-state index in [0.717, 1.165) is 6.42 Å². The first-order valence-corrected chi connectivity index (χ1v) is 11.5. The lowest BCUT2D eigenvalue weighted by atomic mass is 10.2. The molecule has 0 radical (unpaired) electrons. The molecule has 4 rings (SSSR count). The average Bonchev–Trinajstić information content (AvgIpc) is 3.25. The molecule has 3 fully saturated rings. The maximum Gasteiger partial charge on any atom is 0.249 e. The van der Waals surface area contributed by atoms with E-state index in [2.05, 4.69) is 10.4 Å². The second-order valence-electron chi connectivity index (χ2n) is 7.43. The average molecular weight is 399 g/mol. The van der Waals surface area contributed by atoms with Crippen LogP contribution in [0, 0.1) is 6.92 Å². The maximum atomic E-state index is 12.9. The van der Waals surface area contributed by atoms with Crippen LogP contribution in [0.5, 0.6) is 0 Å². The van der Waals surface area contributed by atoms with Crippen molar-refractivity contribution >= 4 is 39.2 Å². The SMILES string of the molecule is Cc1cc(NC(=O)[C@@H]2CS[C@@]3(C)CCC(=O)N23)n([C@H]2CCS(=O)(=O)C2)n1. The number of carbonyl (C=O) groups is 2. The minimum absolute atomic E-state index is 0.0178. The van der Waals surface area contributed by atoms with Crippen molar-refractivity contribution in [2.24, 2.45) is 0 Å². The number of nitrogens with zero attached hydrogens (tertiary/aromatic N) is 3. The molecule has 0 spiro atoms. The molecule has 3 aliphatic rings. The summed E-state index contributed by atoms with van der Waals surface area (Å²) < 4.78 is 25.2. The van der Waals surface area contributed by atoms with Crippen molar-refractivity contribution < 1.29 is 18.0 Å². The molecule has 4 heterocycles. The standard InChI is InChI=1S/C16H22N4O4S2/c1-10-7-13(20(18-10)11-4-6-26(23,24)9-11)17-15(22)12-8-25-16(2)5-3-14(21)19(12)16/h7,11-12H,3-6,8-9H2,1-2H3,(H,17,22)/t11-,12-,16-/m0/s1. The molecular weight excluding hydrogens is 376 g/mol. The van der Waals surface area contributed by atoms with Gasteiger partial charge in [0, 0.05) is 18.2 Å². The van der Waals surface area contributed by atoms with E-state index in [0.29, 0.717) is 30.1 Å². The molecule has 3 atom stereocenters. The molecule has 2 amide bonds. The fourth-order valence-corrected chi connectivity index (χ4v) is 7.20. The van der Waals surface area contributed by atoms with Gasteiger partial charge in [0.1, 0.15) is 11.9 Å². The number of amides is 2. The van der Waals surface area contributed by atoms with E-state index in [-0.39, 0.29) is 34.2 Å². The normalized spacial score (nSPS) is 32.8. The van der Waals surface area contributed by atoms with Crippen LogP contribution in [-0.4, -0.2) is 63.1 Å². The van der Waals surface area contributed by atoms with Crippen molar-refractivity contribution in [1.29, 1.82) is 0 Å². The quantitative estimate of drug-likeness (QED) is 0.813. The van der Waals surface area contributed by atoms with Crippen molar-refractivity contribution in [2.45, 2.75) is 50.1 Å². The minimum Gasteiger partial charge on any atom is -0.315 e. The predicted molar refractivity (Wildman–Crippen MR) is 98.6 cm³/mol. The third kappa shape index (κ3) is 2.92. The molecule has 3 saturated heterocycles. The van der Waals surface area contributed by atoms with Gasteiger partial charge < -0.3 is 10.2 Å². The van der Waals surface area contributed by atoms with Crippen LogP contribution in [0.3, 0.4) is 0 Å². The fraction of sp³-hybridized carbons (Fsp3) is 0.688. The number of hydrogen-bond acceptors (Lipinski definition) is 6. The molecule has 1 aromatic heterocycles. The van der Waals surface area contributed by atoms with E-state index in [1.807, 2.05) is 13.8 Å². The third-order valence-corrected chi connectivity index (χ3v) is 8.67. The van der Waals surface area contributed by atoms with Gasteiger partial charge in [-0.05, 0) is 26.7 Å². The number of thioether (sulfide) groups is 1. The highest BCUT2D eigenvalue weighted by Gasteiger charge is 2.53. The monoisotopic (exact) mass is 398 g/mol. The lowest BCUT2D eigenvalue weighted by Crippen LogP contribution is -2.48. The molecule has 10 heteroatoms. The zero-order valence-electron chi connectivity index (χ0n) is 14.8. The number of aromatic nitrogens is 2. The Labute approximate surface area is 156 Å². The third-order valence-electron chi connectivity index (χ3n) is 5.41. The van der Waals surface area contributed by atoms with Crippen LogP contribution in [0.15, 0.2) is 6.07 Å². The highest BCUT2D eigenvalue weighted by Crippen LogP contribution is 2.47. The zero-order chi connectivity index (χ0) is 18.7. The van der Waals surface area contributed by atoms with Crippen LogP contribution in [-0.2, 0) is 19.4 Å². The van der Waals surface area contributed by atoms with Gasteiger partial charge in [0.2, 0.25) is 11.8 Å². The first-order valence-electron chi connectivity index (χ1n) is 8.72. The van der Waals surface area contributed by atoms with Crippen molar-refractivity contribution in [3.63, 3.8) is 0 Å². The molecular formula is C16H22N4O4S2. The Morgan fingerprint density at radius 1 is 1.46 bits per heavy atom. The summed E-state index contributed by atoms with van der Waals surface area (Å²) in [7, 11) is -3.05. The second kappa shape index (κ2) is 5.98. The highest BCUT2D eigenvalue weighted by atomic mass is 32.2. The van der Waals surface area contributed by atoms with Gasteiger partial charge in [0.25, 0.3) is 0 Å². The predicted octanol–water partition coefficient (Wildman–Crippen LogP) is 0.944. The number of anilines is 1. The van der Waals surface area contributed by atoms with Crippen molar-refractivity contribution in [3.05, 3.63) is 11.8 Å². The van der Waals surface area contributed by atoms with Crippen LogP contribution in [0.25, 0.3) is 0 Å². The van der Waals surface area contributed by atoms with Crippen LogP contribution >= 0.6 is 11.8 Å². The summed E-state index contributed by atoms with van der Waals surface area (Å²) in [5, 5.41) is 7.27. The van der Waals surface area contributed by atoms with Crippen molar-refractivity contribution in [3.8, 4) is 0 Å². The van der Waals surface area contributed by atoms with Gasteiger partial charge in [-0.25, -0.2) is 13.1 Å². The topological polar surface area (TPSA) is 101 Å². The zero-order valence-corrected chi connectivity index (χ0v) is 16.4. The van der Waals surface area contributed by atoms with Crippen molar-refractivity contribution in [2.75, 3.05) is 22.6 Å². The van der Waals surface area contributed by atoms with E-state index >= 15 is 0 Å². The molecule has 0 unspecified atom stereocenters. The number of sulfone groups is 1. The van der Waals surface area contributed by atoms with Crippen LogP contribution in [0.2, 0.25) is 0 Å². The fourth-order valence-electron chi connectivity index (χ4n) is 4.08. The molecule has 0 saturated carbocycles. The van der Waals surface area contributed by atoms with Gasteiger partial charge in [-0.15, -0.1) is 11.8 Å². The van der Waals surface area contributed by atoms with E-state index in [4.69, 9.17) is 0 Å². The maximum absolute atomic E-state index is 12.9. The Kier molecular flexibility index (Phi) is 4.11. The Hall–Kier alpha value is -1.55. The largest absolute Gasteiger partial charge is 0.315 e. The summed E-state index contributed by atoms with van der Waals surface area (Å²) in [6.07, 6.45) is 1.73. The first-order chi connectivity index (χ1) is 12.2. The number of rotatable bonds is 3. The Morgan fingerprint density at radius 3 is 2.92 bits per heavy atom. The molecule has 3 aliphatic heterocycles. The van der Waals surface area contributed by atoms with Crippen LogP contribution in [0.4, 0.5) is 5.82 Å². The number of nitrogens with one attached hydrogen (secondary N) is 1. The van der Waals surface area contributed by atoms with Crippen molar-refractivity contribution in [1.82, 2.24) is 14.7 Å². The summed E-state index contributed by atoms with van der Waals surface area (Å²) in [5.41, 5.74) is 0.715. The molecule has 0 bridgehead atoms. The lowest BCUT2D eigenvalue weighted by Gasteiger charge is -2.29. The number of carbonyl (C=O) groups excluding carboxylic acids is 2. The summed E-state index contributed by atoms with van der Waals surface area (Å²) in [6.45, 7) is 3.82. The second-order valence-corrected chi connectivity index (χ2v) is 11.2. The molecule has 1 N–H and O–H groups in total. The summed E-state index contributed by atoms with van der Waals surface area (Å²) in [5.74, 6) is 1.03. The summed E-state index contributed by atoms with van der Waals surface area (Å²) >= 11 is 1.64. The Morgan fingerprint density at radius 2 is 2.23 bits per heavy atom. The lowest BCUT2D eigenvalue weighted by molar-refractivity contribution is -0.135. The van der Waals surface area contributed by atoms with E-state index in [9.17, 15) is 18.0 Å². The van der Waals surface area contributed by atoms with Gasteiger partial charge in [-0.1, -0.05) is 0 Å². The van der Waals surface area contributed by atoms with E-state index in [1.54, 1.807) is 27.4 Å². The van der Waals surface area contributed by atoms with Gasteiger partial charge in [-0.2, -0.15) is 5.10 Å². The summed E-state index contributed by atoms with van der Waals surface area (Å²) in [6, 6.07) is 0.979. The van der Waals surface area contributed by atoms with Crippen LogP contribution < -0.4 is 5.32 Å². The van der Waals surface area contributed by atoms with Crippen LogP contribution in [0.1, 0.15) is 37.9 Å². The molecule has 8 nitrogen and oxygen atoms in total.